The van der Waals surface area contributed by atoms with Crippen molar-refractivity contribution in [1.82, 2.24) is 19.4 Å². The molecule has 11 heteroatoms. The molecule has 2 aromatic rings. The highest BCUT2D eigenvalue weighted by molar-refractivity contribution is 7.90. The summed E-state index contributed by atoms with van der Waals surface area (Å²) in [6, 6.07) is 12.1. The average molecular weight is 740 g/mol. The van der Waals surface area contributed by atoms with E-state index >= 15 is 0 Å². The van der Waals surface area contributed by atoms with Crippen LogP contribution in [0.3, 0.4) is 0 Å². The van der Waals surface area contributed by atoms with Crippen LogP contribution < -0.4 is 14.4 Å². The van der Waals surface area contributed by atoms with Gasteiger partial charge in [0.05, 0.1) is 10.9 Å². The molecule has 5 aliphatic rings. The predicted molar refractivity (Wildman–Crippen MR) is 205 cm³/mol. The van der Waals surface area contributed by atoms with E-state index in [-0.39, 0.29) is 5.92 Å². The number of benzene rings is 2. The Hall–Kier alpha value is -2.37. The zero-order valence-corrected chi connectivity index (χ0v) is 32.4. The summed E-state index contributed by atoms with van der Waals surface area (Å²) in [5.74, 6) is 1.85. The third-order valence-electron chi connectivity index (χ3n) is 13.0. The number of anilines is 1. The zero-order valence-electron chi connectivity index (χ0n) is 30.9. The Labute approximate surface area is 311 Å². The number of hydrogen-bond acceptors (Lipinski definition) is 8. The number of nitrogens with zero attached hydrogens (tertiary/aromatic N) is 4. The number of sulfonamides is 1. The van der Waals surface area contributed by atoms with Crippen molar-refractivity contribution in [2.75, 3.05) is 70.9 Å². The van der Waals surface area contributed by atoms with Gasteiger partial charge in [-0.2, -0.15) is 0 Å². The molecule has 1 aliphatic carbocycles. The molecule has 9 nitrogen and oxygen atoms in total. The fraction of sp³-hybridized carbons (Fsp3) is 0.675. The molecule has 4 aliphatic heterocycles. The predicted octanol–water partition coefficient (Wildman–Crippen LogP) is 5.90. The third kappa shape index (κ3) is 8.56. The summed E-state index contributed by atoms with van der Waals surface area (Å²) in [6.45, 7) is 14.0. The molecular weight excluding hydrogens is 682 g/mol. The van der Waals surface area contributed by atoms with E-state index < -0.39 is 21.2 Å². The molecule has 2 saturated heterocycles. The van der Waals surface area contributed by atoms with Crippen LogP contribution in [0.5, 0.6) is 5.75 Å². The van der Waals surface area contributed by atoms with Crippen LogP contribution in [0.1, 0.15) is 80.3 Å². The number of amides is 1. The Morgan fingerprint density at radius 1 is 0.882 bits per heavy atom. The summed E-state index contributed by atoms with van der Waals surface area (Å²) in [4.78, 5) is 24.0. The fourth-order valence-electron chi connectivity index (χ4n) is 9.44. The van der Waals surface area contributed by atoms with Crippen molar-refractivity contribution in [2.24, 2.45) is 23.7 Å². The Balaban J connectivity index is 1.19. The summed E-state index contributed by atoms with van der Waals surface area (Å²) in [6.07, 6.45) is 8.35. The van der Waals surface area contributed by atoms with Crippen LogP contribution in [0.25, 0.3) is 0 Å². The minimum atomic E-state index is -3.87. The van der Waals surface area contributed by atoms with E-state index in [0.717, 1.165) is 113 Å². The highest BCUT2D eigenvalue weighted by Crippen LogP contribution is 2.45. The first kappa shape index (κ1) is 37.0. The molecule has 1 amide bonds. The van der Waals surface area contributed by atoms with Gasteiger partial charge in [0.15, 0.2) is 0 Å². The number of ether oxygens (including phenoxy) is 1. The summed E-state index contributed by atoms with van der Waals surface area (Å²) in [5, 5.41) is 0.0665. The fourth-order valence-corrected chi connectivity index (χ4v) is 10.9. The monoisotopic (exact) mass is 739 g/mol. The Kier molecular flexibility index (Phi) is 11.5. The minimum absolute atomic E-state index is 0.0589. The van der Waals surface area contributed by atoms with Gasteiger partial charge in [0.1, 0.15) is 12.4 Å². The van der Waals surface area contributed by atoms with Crippen molar-refractivity contribution in [3.63, 3.8) is 0 Å². The third-order valence-corrected chi connectivity index (χ3v) is 15.2. The summed E-state index contributed by atoms with van der Waals surface area (Å²) >= 11 is 6.41. The van der Waals surface area contributed by atoms with Gasteiger partial charge in [0, 0.05) is 75.5 Å². The van der Waals surface area contributed by atoms with Crippen molar-refractivity contribution in [1.29, 1.82) is 0 Å². The maximum Gasteiger partial charge on any atom is 0.264 e. The van der Waals surface area contributed by atoms with Gasteiger partial charge in [-0.1, -0.05) is 31.0 Å². The molecule has 2 aromatic carbocycles. The van der Waals surface area contributed by atoms with Crippen LogP contribution in [0, 0.1) is 23.7 Å². The van der Waals surface area contributed by atoms with E-state index in [1.807, 2.05) is 25.1 Å². The quantitative estimate of drug-likeness (QED) is 0.408. The number of hydrogen-bond donors (Lipinski definition) is 1. The maximum atomic E-state index is 13.6. The van der Waals surface area contributed by atoms with Gasteiger partial charge in [0.2, 0.25) is 10.0 Å². The molecule has 1 saturated carbocycles. The molecule has 0 aromatic heterocycles. The number of likely N-dealkylation sites (N-methyl/N-ethyl adjacent to an activating group) is 1. The number of piperazine rings is 2. The van der Waals surface area contributed by atoms with Crippen LogP contribution in [-0.2, 0) is 23.1 Å². The molecule has 4 heterocycles. The van der Waals surface area contributed by atoms with E-state index in [9.17, 15) is 13.2 Å². The molecular formula is C40H58ClN5O4S. The van der Waals surface area contributed by atoms with Crippen molar-refractivity contribution in [2.45, 2.75) is 83.1 Å². The second kappa shape index (κ2) is 15.9. The number of carbonyl (C=O) groups is 1. The number of rotatable bonds is 2. The van der Waals surface area contributed by atoms with Gasteiger partial charge >= 0.3 is 0 Å². The van der Waals surface area contributed by atoms with E-state index in [1.165, 1.54) is 24.9 Å². The second-order valence-electron chi connectivity index (χ2n) is 16.3. The van der Waals surface area contributed by atoms with Crippen LogP contribution in [0.2, 0.25) is 5.02 Å². The van der Waals surface area contributed by atoms with Crippen LogP contribution in [0.15, 0.2) is 36.4 Å². The minimum Gasteiger partial charge on any atom is -0.487 e. The van der Waals surface area contributed by atoms with Crippen molar-refractivity contribution in [3.8, 4) is 5.75 Å². The Bertz CT molecular complexity index is 1660. The smallest absolute Gasteiger partial charge is 0.264 e. The van der Waals surface area contributed by atoms with E-state index in [0.29, 0.717) is 36.0 Å². The number of halogens is 1. The molecule has 6 atom stereocenters. The van der Waals surface area contributed by atoms with E-state index in [4.69, 9.17) is 16.3 Å². The Morgan fingerprint density at radius 3 is 2.55 bits per heavy atom. The summed E-state index contributed by atoms with van der Waals surface area (Å²) in [7, 11) is -1.62. The number of nitrogens with one attached hydrogen (secondary N) is 1. The van der Waals surface area contributed by atoms with Gasteiger partial charge < -0.3 is 19.4 Å². The molecule has 7 rings (SSSR count). The molecule has 280 valence electrons. The summed E-state index contributed by atoms with van der Waals surface area (Å²) < 4.78 is 36.1. The van der Waals surface area contributed by atoms with E-state index in [2.05, 4.69) is 43.5 Å². The molecule has 51 heavy (non-hydrogen) atoms. The first-order valence-electron chi connectivity index (χ1n) is 19.5. The lowest BCUT2D eigenvalue weighted by Gasteiger charge is -2.49. The molecule has 2 bridgehead atoms. The van der Waals surface area contributed by atoms with E-state index in [1.54, 1.807) is 13.0 Å². The summed E-state index contributed by atoms with van der Waals surface area (Å²) in [5.41, 5.74) is 3.56. The van der Waals surface area contributed by atoms with Crippen molar-refractivity contribution >= 4 is 33.2 Å². The van der Waals surface area contributed by atoms with Crippen molar-refractivity contribution in [3.05, 3.63) is 58.1 Å². The largest absolute Gasteiger partial charge is 0.487 e. The van der Waals surface area contributed by atoms with Crippen LogP contribution in [-0.4, -0.2) is 106 Å². The number of aryl methyl sites for hydroxylation is 1. The Morgan fingerprint density at radius 2 is 1.73 bits per heavy atom. The second-order valence-corrected chi connectivity index (χ2v) is 18.8. The molecule has 0 radical (unpaired) electrons. The maximum absolute atomic E-state index is 13.6. The molecule has 1 N–H and O–H groups in total. The van der Waals surface area contributed by atoms with Crippen LogP contribution in [0.4, 0.5) is 5.69 Å². The first-order valence-corrected chi connectivity index (χ1v) is 21.5. The number of carbonyl (C=O) groups excluding carboxylic acids is 1. The van der Waals surface area contributed by atoms with Crippen molar-refractivity contribution < 1.29 is 17.9 Å². The zero-order chi connectivity index (χ0) is 35.7. The lowest BCUT2D eigenvalue weighted by Crippen LogP contribution is -2.62. The van der Waals surface area contributed by atoms with Gasteiger partial charge in [-0.05, 0) is 124 Å². The molecule has 0 unspecified atom stereocenters. The average Bonchev–Trinajstić information content (AvgIpc) is 3.12. The topological polar surface area (TPSA) is 85.4 Å². The first-order chi connectivity index (χ1) is 24.5. The van der Waals surface area contributed by atoms with Gasteiger partial charge in [0.25, 0.3) is 5.91 Å². The van der Waals surface area contributed by atoms with Gasteiger partial charge in [-0.15, -0.1) is 0 Å². The lowest BCUT2D eigenvalue weighted by molar-refractivity contribution is -0.000865. The normalized spacial score (nSPS) is 31.5. The molecule has 3 fully saturated rings. The highest BCUT2D eigenvalue weighted by Gasteiger charge is 2.40. The lowest BCUT2D eigenvalue weighted by atomic mass is 9.65. The standard InChI is InChI=1S/C40H58ClN5O4S/c1-28-7-6-9-32(23-44-18-20-45-19-17-43(3)25-36(45)26-44)37-14-11-33(37)24-46-16-5-4-8-30-21-35(41)13-10-34(30)27-50-39-15-12-31(22-38(39)46)40(47)42-51(48,49)29(28)2/h10,12-13,15,21-22,28-29,32-33,36-37H,4-9,11,14,16-20,23-27H2,1-3H3,(H,42,47)/t28-,29+,32-,33-,36+,37-/m0/s1. The van der Waals surface area contributed by atoms with Crippen LogP contribution >= 0.6 is 11.6 Å². The molecule has 0 spiro atoms. The number of fused-ring (bicyclic) bond motifs is 4. The van der Waals surface area contributed by atoms with Gasteiger partial charge in [-0.3, -0.25) is 9.69 Å². The van der Waals surface area contributed by atoms with Gasteiger partial charge in [-0.25, -0.2) is 13.1 Å². The SMILES string of the molecule is C[C@@H]1[C@@H](C)CCC[C@@H](CN2CCN3CCN(C)C[C@@H]3C2)[C@@H]2CC[C@H]2CN2CCCCc3cc(Cl)ccc3COc3ccc(cc32)C(=O)NS1(=O)=O. The highest BCUT2D eigenvalue weighted by atomic mass is 35.5.